The Bertz CT molecular complexity index is 218. The van der Waals surface area contributed by atoms with Gasteiger partial charge in [0.05, 0.1) is 0 Å². The van der Waals surface area contributed by atoms with Gasteiger partial charge in [-0.05, 0) is 6.42 Å². The lowest BCUT2D eigenvalue weighted by Crippen LogP contribution is -2.08. The zero-order chi connectivity index (χ0) is 8.10. The summed E-state index contributed by atoms with van der Waals surface area (Å²) in [6, 6.07) is 0. The Morgan fingerprint density at radius 3 is 3.00 bits per heavy atom. The van der Waals surface area contributed by atoms with Gasteiger partial charge in [0.2, 0.25) is 5.91 Å². The van der Waals surface area contributed by atoms with Gasteiger partial charge in [0.1, 0.15) is 6.33 Å². The highest BCUT2D eigenvalue weighted by Crippen LogP contribution is 1.94. The average molecular weight is 154 g/mol. The van der Waals surface area contributed by atoms with Gasteiger partial charge in [0.15, 0.2) is 0 Å². The van der Waals surface area contributed by atoms with Gasteiger partial charge in [-0.2, -0.15) is 0 Å². The van der Waals surface area contributed by atoms with Crippen molar-refractivity contribution in [2.75, 3.05) is 6.61 Å². The second-order valence-corrected chi connectivity index (χ2v) is 2.19. The van der Waals surface area contributed by atoms with Crippen LogP contribution < -0.4 is 0 Å². The van der Waals surface area contributed by atoms with Crippen molar-refractivity contribution >= 4 is 5.91 Å². The highest BCUT2D eigenvalue weighted by atomic mass is 16.3. The van der Waals surface area contributed by atoms with Gasteiger partial charge in [-0.25, -0.2) is 4.98 Å². The van der Waals surface area contributed by atoms with Crippen molar-refractivity contribution in [1.82, 2.24) is 9.55 Å². The lowest BCUT2D eigenvalue weighted by molar-refractivity contribution is 0.0890. The molecule has 0 aliphatic heterocycles. The lowest BCUT2D eigenvalue weighted by Gasteiger charge is -1.97. The minimum atomic E-state index is -0.0310. The Kier molecular flexibility index (Phi) is 2.80. The van der Waals surface area contributed by atoms with Crippen LogP contribution in [0.25, 0.3) is 0 Å². The molecule has 0 amide bonds. The zero-order valence-electron chi connectivity index (χ0n) is 6.10. The van der Waals surface area contributed by atoms with Crippen LogP contribution in [0.4, 0.5) is 0 Å². The fraction of sp³-hybridized carbons (Fsp3) is 0.429. The van der Waals surface area contributed by atoms with Gasteiger partial charge in [-0.3, -0.25) is 9.36 Å². The summed E-state index contributed by atoms with van der Waals surface area (Å²) in [6.07, 6.45) is 5.49. The van der Waals surface area contributed by atoms with E-state index < -0.39 is 0 Å². The Labute approximate surface area is 64.5 Å². The second kappa shape index (κ2) is 3.88. The monoisotopic (exact) mass is 154 g/mol. The predicted molar refractivity (Wildman–Crippen MR) is 39.2 cm³/mol. The van der Waals surface area contributed by atoms with Crippen molar-refractivity contribution in [2.45, 2.75) is 12.8 Å². The van der Waals surface area contributed by atoms with E-state index in [4.69, 9.17) is 5.11 Å². The van der Waals surface area contributed by atoms with Crippen LogP contribution in [-0.2, 0) is 0 Å². The van der Waals surface area contributed by atoms with Crippen molar-refractivity contribution in [1.29, 1.82) is 0 Å². The molecule has 1 heterocycles. The van der Waals surface area contributed by atoms with Gasteiger partial charge >= 0.3 is 0 Å². The Balaban J connectivity index is 2.43. The van der Waals surface area contributed by atoms with Gasteiger partial charge in [-0.1, -0.05) is 0 Å². The molecule has 0 atom stereocenters. The number of imidazole rings is 1. The van der Waals surface area contributed by atoms with Crippen LogP contribution >= 0.6 is 0 Å². The topological polar surface area (TPSA) is 55.1 Å². The molecule has 1 rings (SSSR count). The molecular weight excluding hydrogens is 144 g/mol. The lowest BCUT2D eigenvalue weighted by atomic mass is 10.3. The molecule has 4 heteroatoms. The minimum Gasteiger partial charge on any atom is -0.396 e. The Morgan fingerprint density at radius 2 is 2.45 bits per heavy atom. The summed E-state index contributed by atoms with van der Waals surface area (Å²) in [5, 5.41) is 8.44. The molecule has 1 aromatic rings. The van der Waals surface area contributed by atoms with Crippen LogP contribution in [0.15, 0.2) is 18.7 Å². The third kappa shape index (κ3) is 2.16. The molecule has 0 aliphatic rings. The summed E-state index contributed by atoms with van der Waals surface area (Å²) in [7, 11) is 0. The summed E-state index contributed by atoms with van der Waals surface area (Å²) < 4.78 is 1.41. The summed E-state index contributed by atoms with van der Waals surface area (Å²) in [5.74, 6) is -0.0310. The Morgan fingerprint density at radius 1 is 1.64 bits per heavy atom. The maximum atomic E-state index is 11.1. The number of hydrogen-bond donors (Lipinski definition) is 1. The molecule has 0 fully saturated rings. The first-order valence-electron chi connectivity index (χ1n) is 3.46. The molecule has 0 radical (unpaired) electrons. The summed E-state index contributed by atoms with van der Waals surface area (Å²) in [6.45, 7) is 0.0560. The third-order valence-corrected chi connectivity index (χ3v) is 1.34. The maximum absolute atomic E-state index is 11.1. The number of carbonyl (C=O) groups is 1. The summed E-state index contributed by atoms with van der Waals surface area (Å²) in [4.78, 5) is 14.8. The zero-order valence-corrected chi connectivity index (χ0v) is 6.10. The van der Waals surface area contributed by atoms with E-state index in [-0.39, 0.29) is 12.5 Å². The first kappa shape index (κ1) is 7.94. The first-order chi connectivity index (χ1) is 5.34. The maximum Gasteiger partial charge on any atom is 0.231 e. The van der Waals surface area contributed by atoms with E-state index in [1.807, 2.05) is 0 Å². The van der Waals surface area contributed by atoms with E-state index in [2.05, 4.69) is 4.98 Å². The van der Waals surface area contributed by atoms with Crippen LogP contribution in [0.3, 0.4) is 0 Å². The highest BCUT2D eigenvalue weighted by molar-refractivity contribution is 5.78. The van der Waals surface area contributed by atoms with Crippen LogP contribution in [0, 0.1) is 0 Å². The summed E-state index contributed by atoms with van der Waals surface area (Å²) >= 11 is 0. The highest BCUT2D eigenvalue weighted by Gasteiger charge is 2.01. The fourth-order valence-electron chi connectivity index (χ4n) is 0.766. The van der Waals surface area contributed by atoms with Gasteiger partial charge < -0.3 is 5.11 Å². The number of aliphatic hydroxyl groups excluding tert-OH is 1. The van der Waals surface area contributed by atoms with E-state index in [0.29, 0.717) is 12.8 Å². The summed E-state index contributed by atoms with van der Waals surface area (Å²) in [5.41, 5.74) is 0. The Hall–Kier alpha value is -1.16. The number of carbonyl (C=O) groups excluding carboxylic acids is 1. The molecule has 11 heavy (non-hydrogen) atoms. The first-order valence-corrected chi connectivity index (χ1v) is 3.46. The predicted octanol–water partition coefficient (Wildman–Crippen LogP) is 0.296. The molecule has 0 aromatic carbocycles. The van der Waals surface area contributed by atoms with E-state index >= 15 is 0 Å². The quantitative estimate of drug-likeness (QED) is 0.681. The van der Waals surface area contributed by atoms with E-state index in [0.717, 1.165) is 0 Å². The second-order valence-electron chi connectivity index (χ2n) is 2.19. The molecule has 1 N–H and O–H groups in total. The molecule has 0 spiro atoms. The molecule has 4 nitrogen and oxygen atoms in total. The number of aliphatic hydroxyl groups is 1. The number of nitrogens with zero attached hydrogens (tertiary/aromatic N) is 2. The van der Waals surface area contributed by atoms with Crippen LogP contribution in [-0.4, -0.2) is 27.2 Å². The van der Waals surface area contributed by atoms with Crippen molar-refractivity contribution in [3.63, 3.8) is 0 Å². The van der Waals surface area contributed by atoms with Crippen molar-refractivity contribution in [3.8, 4) is 0 Å². The largest absolute Gasteiger partial charge is 0.396 e. The molecule has 1 aromatic heterocycles. The van der Waals surface area contributed by atoms with Crippen molar-refractivity contribution in [3.05, 3.63) is 18.7 Å². The molecule has 0 unspecified atom stereocenters. The van der Waals surface area contributed by atoms with Crippen LogP contribution in [0.1, 0.15) is 17.6 Å². The van der Waals surface area contributed by atoms with E-state index in [9.17, 15) is 4.79 Å². The van der Waals surface area contributed by atoms with Gasteiger partial charge in [0.25, 0.3) is 0 Å². The smallest absolute Gasteiger partial charge is 0.231 e. The number of hydrogen-bond acceptors (Lipinski definition) is 3. The molecule has 0 saturated heterocycles. The van der Waals surface area contributed by atoms with Crippen molar-refractivity contribution < 1.29 is 9.90 Å². The van der Waals surface area contributed by atoms with Crippen LogP contribution in [0.5, 0.6) is 0 Å². The number of aromatic nitrogens is 2. The van der Waals surface area contributed by atoms with E-state index in [1.54, 1.807) is 12.4 Å². The fourth-order valence-corrected chi connectivity index (χ4v) is 0.766. The molecule has 0 aliphatic carbocycles. The average Bonchev–Trinajstić information content (AvgIpc) is 2.52. The molecular formula is C7H10N2O2. The minimum absolute atomic E-state index is 0.0310. The van der Waals surface area contributed by atoms with Crippen molar-refractivity contribution in [2.24, 2.45) is 0 Å². The van der Waals surface area contributed by atoms with E-state index in [1.165, 1.54) is 10.9 Å². The molecule has 0 bridgehead atoms. The normalized spacial score (nSPS) is 9.91. The number of rotatable bonds is 3. The molecule has 0 saturated carbocycles. The SMILES string of the molecule is O=C(CCCO)n1ccnc1. The van der Waals surface area contributed by atoms with Crippen LogP contribution in [0.2, 0.25) is 0 Å². The standard InChI is InChI=1S/C7H10N2O2/c10-5-1-2-7(11)9-4-3-8-6-9/h3-4,6,10H,1-2,5H2. The third-order valence-electron chi connectivity index (χ3n) is 1.34. The van der Waals surface area contributed by atoms with Gasteiger partial charge in [0, 0.05) is 25.4 Å². The van der Waals surface area contributed by atoms with Gasteiger partial charge in [-0.15, -0.1) is 0 Å². The molecule has 60 valence electrons.